The largest absolute Gasteiger partial charge is 0.489 e. The Balaban J connectivity index is 1.39. The first-order valence-corrected chi connectivity index (χ1v) is 13.0. The molecule has 0 amide bonds. The smallest absolute Gasteiger partial charge is 0.137 e. The van der Waals surface area contributed by atoms with Gasteiger partial charge >= 0.3 is 0 Å². The van der Waals surface area contributed by atoms with E-state index in [4.69, 9.17) is 4.74 Å². The summed E-state index contributed by atoms with van der Waals surface area (Å²) in [6.07, 6.45) is 0. The highest BCUT2D eigenvalue weighted by molar-refractivity contribution is 14.1. The maximum absolute atomic E-state index is 14.0. The topological polar surface area (TPSA) is 9.23 Å². The van der Waals surface area contributed by atoms with Crippen molar-refractivity contribution in [1.29, 1.82) is 0 Å². The van der Waals surface area contributed by atoms with Crippen molar-refractivity contribution in [2.75, 3.05) is 0 Å². The third-order valence-corrected chi connectivity index (χ3v) is 10.7. The monoisotopic (exact) mass is 638 g/mol. The van der Waals surface area contributed by atoms with Crippen molar-refractivity contribution in [2.45, 2.75) is 21.3 Å². The summed E-state index contributed by atoms with van der Waals surface area (Å²) in [7, 11) is -0.557. The standard InChI is InChI=1S/C25H17FI2OS/c26-21-13-16(14-22(27)25(21)28)15-29-17-9-11-18(12-10-17)30-23-7-3-1-5-19(23)20-6-2-4-8-24(20)30/h1-14,30H,15H2. The van der Waals surface area contributed by atoms with Gasteiger partial charge in [-0.1, -0.05) is 36.4 Å². The van der Waals surface area contributed by atoms with E-state index in [2.05, 4.69) is 83.3 Å². The summed E-state index contributed by atoms with van der Waals surface area (Å²) in [4.78, 5) is 4.13. The Morgan fingerprint density at radius 1 is 0.767 bits per heavy atom. The zero-order chi connectivity index (χ0) is 20.7. The van der Waals surface area contributed by atoms with Gasteiger partial charge in [-0.2, -0.15) is 10.9 Å². The van der Waals surface area contributed by atoms with Crippen LogP contribution in [0.15, 0.2) is 99.6 Å². The zero-order valence-corrected chi connectivity index (χ0v) is 21.0. The third-order valence-electron chi connectivity index (χ3n) is 5.12. The number of fused-ring (bicyclic) bond motifs is 3. The summed E-state index contributed by atoms with van der Waals surface area (Å²) >= 11 is 4.18. The lowest BCUT2D eigenvalue weighted by Crippen LogP contribution is -1.99. The van der Waals surface area contributed by atoms with Gasteiger partial charge in [0.25, 0.3) is 0 Å². The fourth-order valence-electron chi connectivity index (χ4n) is 3.75. The van der Waals surface area contributed by atoms with Gasteiger partial charge in [0.1, 0.15) is 18.2 Å². The maximum Gasteiger partial charge on any atom is 0.137 e. The van der Waals surface area contributed by atoms with Gasteiger partial charge in [0.05, 0.1) is 3.57 Å². The number of ether oxygens (including phenoxy) is 1. The fraction of sp³-hybridized carbons (Fsp3) is 0.0400. The van der Waals surface area contributed by atoms with Crippen LogP contribution < -0.4 is 4.74 Å². The van der Waals surface area contributed by atoms with E-state index < -0.39 is 10.9 Å². The van der Waals surface area contributed by atoms with Crippen LogP contribution in [0.4, 0.5) is 4.39 Å². The van der Waals surface area contributed by atoms with Gasteiger partial charge in [0.2, 0.25) is 0 Å². The molecule has 1 aliphatic rings. The van der Waals surface area contributed by atoms with Gasteiger partial charge < -0.3 is 4.74 Å². The Kier molecular flexibility index (Phi) is 5.77. The van der Waals surface area contributed by atoms with Gasteiger partial charge in [-0.3, -0.25) is 0 Å². The summed E-state index contributed by atoms with van der Waals surface area (Å²) in [5, 5.41) is 0. The van der Waals surface area contributed by atoms with E-state index in [1.165, 1.54) is 25.8 Å². The summed E-state index contributed by atoms with van der Waals surface area (Å²) in [5.74, 6) is 0.598. The average Bonchev–Trinajstić information content (AvgIpc) is 3.11. The first-order chi connectivity index (χ1) is 14.6. The second-order valence-corrected chi connectivity index (χ2v) is 11.4. The number of hydrogen-bond acceptors (Lipinski definition) is 1. The fourth-order valence-corrected chi connectivity index (χ4v) is 7.32. The molecule has 5 rings (SSSR count). The van der Waals surface area contributed by atoms with Crippen molar-refractivity contribution < 1.29 is 9.13 Å². The van der Waals surface area contributed by atoms with Crippen LogP contribution in [0, 0.1) is 13.0 Å². The lowest BCUT2D eigenvalue weighted by atomic mass is 10.1. The molecule has 0 bridgehead atoms. The number of thiol groups is 1. The highest BCUT2D eigenvalue weighted by Crippen LogP contribution is 2.62. The molecule has 0 aromatic heterocycles. The van der Waals surface area contributed by atoms with E-state index in [0.717, 1.165) is 14.9 Å². The lowest BCUT2D eigenvalue weighted by Gasteiger charge is -2.19. The van der Waals surface area contributed by atoms with E-state index in [0.29, 0.717) is 10.2 Å². The molecule has 30 heavy (non-hydrogen) atoms. The molecule has 0 fully saturated rings. The zero-order valence-electron chi connectivity index (χ0n) is 15.8. The van der Waals surface area contributed by atoms with E-state index >= 15 is 0 Å². The van der Waals surface area contributed by atoms with Crippen LogP contribution in [0.2, 0.25) is 0 Å². The molecular weight excluding hydrogens is 621 g/mol. The van der Waals surface area contributed by atoms with Crippen LogP contribution in [0.25, 0.3) is 11.1 Å². The molecule has 1 nitrogen and oxygen atoms in total. The van der Waals surface area contributed by atoms with Crippen molar-refractivity contribution in [1.82, 2.24) is 0 Å². The van der Waals surface area contributed by atoms with Crippen molar-refractivity contribution in [3.63, 3.8) is 0 Å². The summed E-state index contributed by atoms with van der Waals surface area (Å²) in [6, 6.07) is 29.3. The third kappa shape index (κ3) is 3.76. The van der Waals surface area contributed by atoms with E-state index in [-0.39, 0.29) is 5.82 Å². The second-order valence-electron chi connectivity index (χ2n) is 7.03. The molecule has 0 spiro atoms. The molecule has 150 valence electrons. The molecule has 0 radical (unpaired) electrons. The molecule has 5 heteroatoms. The summed E-state index contributed by atoms with van der Waals surface area (Å²) in [6.45, 7) is 0.351. The molecule has 1 heterocycles. The van der Waals surface area contributed by atoms with Crippen LogP contribution in [-0.4, -0.2) is 0 Å². The summed E-state index contributed by atoms with van der Waals surface area (Å²) < 4.78 is 21.5. The number of hydrogen-bond donors (Lipinski definition) is 1. The Morgan fingerprint density at radius 3 is 1.97 bits per heavy atom. The molecule has 0 saturated carbocycles. The predicted molar refractivity (Wildman–Crippen MR) is 138 cm³/mol. The number of rotatable bonds is 4. The predicted octanol–water partition coefficient (Wildman–Crippen LogP) is 8.07. The average molecular weight is 638 g/mol. The first-order valence-electron chi connectivity index (χ1n) is 9.46. The summed E-state index contributed by atoms with van der Waals surface area (Å²) in [5.41, 5.74) is 3.52. The first kappa shape index (κ1) is 20.3. The Morgan fingerprint density at radius 2 is 1.37 bits per heavy atom. The van der Waals surface area contributed by atoms with Crippen LogP contribution in [0.1, 0.15) is 5.56 Å². The molecule has 0 saturated heterocycles. The molecule has 4 aromatic carbocycles. The number of halogens is 3. The van der Waals surface area contributed by atoms with Crippen molar-refractivity contribution in [3.05, 3.63) is 103 Å². The Labute approximate surface area is 205 Å². The molecule has 0 aliphatic carbocycles. The minimum atomic E-state index is -0.557. The highest BCUT2D eigenvalue weighted by atomic mass is 127. The SMILES string of the molecule is Fc1cc(COc2ccc([SH]3c4ccccc4-c4ccccc43)cc2)cc(I)c1I. The minimum Gasteiger partial charge on any atom is -0.489 e. The Hall–Kier alpha value is -1.58. The van der Waals surface area contributed by atoms with Crippen molar-refractivity contribution in [2.24, 2.45) is 0 Å². The van der Waals surface area contributed by atoms with Crippen molar-refractivity contribution in [3.8, 4) is 16.9 Å². The molecule has 4 aromatic rings. The van der Waals surface area contributed by atoms with E-state index in [9.17, 15) is 4.39 Å². The van der Waals surface area contributed by atoms with Crippen LogP contribution in [0.3, 0.4) is 0 Å². The second kappa shape index (κ2) is 8.51. The molecule has 1 aliphatic heterocycles. The number of benzene rings is 4. The van der Waals surface area contributed by atoms with Crippen molar-refractivity contribution >= 4 is 56.1 Å². The molecule has 0 atom stereocenters. The van der Waals surface area contributed by atoms with Gasteiger partial charge in [0.15, 0.2) is 0 Å². The van der Waals surface area contributed by atoms with E-state index in [1.54, 1.807) is 6.07 Å². The van der Waals surface area contributed by atoms with Gasteiger partial charge in [-0.05, 0) is 115 Å². The van der Waals surface area contributed by atoms with Gasteiger partial charge in [0, 0.05) is 13.4 Å². The van der Waals surface area contributed by atoms with Crippen LogP contribution in [0.5, 0.6) is 5.75 Å². The highest BCUT2D eigenvalue weighted by Gasteiger charge is 2.26. The maximum atomic E-state index is 14.0. The van der Waals surface area contributed by atoms with Crippen LogP contribution >= 0.6 is 56.1 Å². The molecular formula is C25H17FI2OS. The lowest BCUT2D eigenvalue weighted by molar-refractivity contribution is 0.305. The van der Waals surface area contributed by atoms with Gasteiger partial charge in [-0.25, -0.2) is 4.39 Å². The molecule has 0 unspecified atom stereocenters. The Bertz CT molecular complexity index is 1170. The minimum absolute atomic E-state index is 0.196. The normalized spacial score (nSPS) is 13.1. The van der Waals surface area contributed by atoms with Crippen LogP contribution in [-0.2, 0) is 6.61 Å². The van der Waals surface area contributed by atoms with Gasteiger partial charge in [-0.15, -0.1) is 0 Å². The quantitative estimate of drug-likeness (QED) is 0.119. The molecule has 0 N–H and O–H groups in total. The van der Waals surface area contributed by atoms with E-state index in [1.807, 2.05) is 40.8 Å².